The van der Waals surface area contributed by atoms with E-state index >= 15 is 0 Å². The molecule has 0 aromatic carbocycles. The normalized spacial score (nSPS) is 29.6. The van der Waals surface area contributed by atoms with Crippen molar-refractivity contribution in [2.24, 2.45) is 11.8 Å². The van der Waals surface area contributed by atoms with E-state index in [1.54, 1.807) is 7.11 Å². The lowest BCUT2D eigenvalue weighted by Crippen LogP contribution is -2.46. The summed E-state index contributed by atoms with van der Waals surface area (Å²) in [5.74, 6) is -0.131. The highest BCUT2D eigenvalue weighted by molar-refractivity contribution is 6.74. The molecule has 0 radical (unpaired) electrons. The topological polar surface area (TPSA) is 96.0 Å². The van der Waals surface area contributed by atoms with Crippen LogP contribution in [0, 0.1) is 11.8 Å². The second-order valence-corrected chi connectivity index (χ2v) is 32.4. The molecule has 0 amide bonds. The Kier molecular flexibility index (Phi) is 22.1. The summed E-state index contributed by atoms with van der Waals surface area (Å²) in [6, 6.07) is 9.61. The van der Waals surface area contributed by atoms with Crippen LogP contribution in [0.25, 0.3) is 0 Å². The van der Waals surface area contributed by atoms with E-state index in [-0.39, 0.29) is 42.7 Å². The van der Waals surface area contributed by atoms with E-state index in [9.17, 15) is 9.90 Å². The van der Waals surface area contributed by atoms with Crippen LogP contribution in [0.3, 0.4) is 0 Å². The van der Waals surface area contributed by atoms with Gasteiger partial charge in [0.05, 0.1) is 35.9 Å². The molecule has 58 heavy (non-hydrogen) atoms. The number of aliphatic hydroxyl groups excluding tert-OH is 1. The number of carbonyl (C=O) groups excluding carboxylic acids is 1. The van der Waals surface area contributed by atoms with Crippen LogP contribution in [-0.4, -0.2) is 91.0 Å². The second-order valence-electron chi connectivity index (χ2n) is 18.3. The average Bonchev–Trinajstić information content (AvgIpc) is 4.00. The summed E-state index contributed by atoms with van der Waals surface area (Å²) in [7, 11) is -4.12. The van der Waals surface area contributed by atoms with Crippen LogP contribution >= 0.6 is 0 Å². The number of hydrogen-bond donors (Lipinski definition) is 1. The van der Waals surface area contributed by atoms with Gasteiger partial charge < -0.3 is 32.6 Å². The van der Waals surface area contributed by atoms with Crippen molar-refractivity contribution in [2.45, 2.75) is 238 Å². The molecular formula is C47H90O8Si3. The molecule has 1 N–H and O–H groups in total. The zero-order chi connectivity index (χ0) is 44.0. The number of aliphatic hydroxyl groups is 1. The van der Waals surface area contributed by atoms with E-state index in [0.29, 0.717) is 18.8 Å². The number of carbonyl (C=O) groups is 1. The van der Waals surface area contributed by atoms with Gasteiger partial charge in [0.15, 0.2) is 25.0 Å². The predicted octanol–water partition coefficient (Wildman–Crippen LogP) is 12.3. The molecule has 2 rings (SSSR count). The smallest absolute Gasteiger partial charge is 0.308 e. The monoisotopic (exact) mass is 867 g/mol. The Morgan fingerprint density at radius 1 is 0.931 bits per heavy atom. The van der Waals surface area contributed by atoms with Crippen molar-refractivity contribution in [3.63, 3.8) is 0 Å². The molecule has 2 heterocycles. The largest absolute Gasteiger partial charge is 0.457 e. The molecule has 0 spiro atoms. The predicted molar refractivity (Wildman–Crippen MR) is 250 cm³/mol. The third kappa shape index (κ3) is 14.3. The fourth-order valence-electron chi connectivity index (χ4n) is 9.33. The number of hydrogen-bond acceptors (Lipinski definition) is 8. The van der Waals surface area contributed by atoms with Crippen LogP contribution < -0.4 is 0 Å². The maximum atomic E-state index is 13.8. The molecule has 0 aromatic rings. The zero-order valence-corrected chi connectivity index (χ0v) is 43.2. The molecule has 1 fully saturated rings. The number of cyclic esters (lactones) is 1. The molecular weight excluding hydrogens is 777 g/mol. The van der Waals surface area contributed by atoms with Crippen molar-refractivity contribution in [1.29, 1.82) is 0 Å². The summed E-state index contributed by atoms with van der Waals surface area (Å²) in [6.45, 7) is 33.2. The summed E-state index contributed by atoms with van der Waals surface area (Å²) in [6.07, 6.45) is 12.1. The van der Waals surface area contributed by atoms with Gasteiger partial charge in [0.1, 0.15) is 12.2 Å². The molecule has 8 nitrogen and oxygen atoms in total. The summed E-state index contributed by atoms with van der Waals surface area (Å²) in [5, 5.41) is 11.4. The molecule has 0 saturated carbocycles. The molecule has 10 unspecified atom stereocenters. The van der Waals surface area contributed by atoms with Crippen LogP contribution in [0.2, 0.25) is 54.4 Å². The zero-order valence-electron chi connectivity index (χ0n) is 40.2. The van der Waals surface area contributed by atoms with E-state index in [1.165, 1.54) is 0 Å². The van der Waals surface area contributed by atoms with Crippen molar-refractivity contribution in [2.75, 3.05) is 7.11 Å². The Morgan fingerprint density at radius 2 is 1.48 bits per heavy atom. The lowest BCUT2D eigenvalue weighted by Gasteiger charge is -2.39. The third-order valence-corrected chi connectivity index (χ3v) is 29.0. The molecule has 338 valence electrons. The lowest BCUT2D eigenvalue weighted by molar-refractivity contribution is -0.151. The number of epoxide rings is 1. The van der Waals surface area contributed by atoms with Crippen LogP contribution in [0.5, 0.6) is 0 Å². The average molecular weight is 867 g/mol. The van der Waals surface area contributed by atoms with Crippen LogP contribution in [0.15, 0.2) is 36.0 Å². The first kappa shape index (κ1) is 53.2. The van der Waals surface area contributed by atoms with Gasteiger partial charge in [0, 0.05) is 31.5 Å². The minimum absolute atomic E-state index is 0.109. The van der Waals surface area contributed by atoms with Gasteiger partial charge in [-0.15, -0.1) is 0 Å². The third-order valence-electron chi connectivity index (χ3n) is 14.8. The Labute approximate surface area is 360 Å². The van der Waals surface area contributed by atoms with Crippen LogP contribution in [-0.2, 0) is 32.3 Å². The summed E-state index contributed by atoms with van der Waals surface area (Å²) in [4.78, 5) is 13.8. The summed E-state index contributed by atoms with van der Waals surface area (Å²) < 4.78 is 40.1. The Balaban J connectivity index is 2.47. The van der Waals surface area contributed by atoms with Crippen molar-refractivity contribution in [3.05, 3.63) is 36.0 Å². The standard InChI is InChI=1S/C47H90O8Si3/c1-17-40(54-57(21-5,22-6)23-7)38(13)45-41(51-45)35-46(14,55-58(24-8,25-9)26-10)32-27-28-36(11)44-37(12)29-30-42(48)47(15,50-16)33-31-39(34-43(49)52-44)53-56(18-2,19-3)20-4/h27-30,32,37-42,44-45,48H,17-26,31,33-35H2,1-16H3/b30-29-,32-27+,36-28+. The van der Waals surface area contributed by atoms with Gasteiger partial charge in [0.25, 0.3) is 0 Å². The SMILES string of the molecule is CCC(O[Si](CC)(CC)CC)C(C)C1OC1CC(C)(/C=C/C=C(\C)C1OC(=O)CC(O[Si](CC)(CC)CC)CCC(C)(OC)C(O)/C=C\C1C)O[Si](CC)(CC)CC. The van der Waals surface area contributed by atoms with Crippen molar-refractivity contribution in [1.82, 2.24) is 0 Å². The van der Waals surface area contributed by atoms with Gasteiger partial charge in [-0.1, -0.05) is 113 Å². The number of methoxy groups -OCH3 is 1. The number of esters is 1. The molecule has 11 heteroatoms. The quantitative estimate of drug-likeness (QED) is 0.0337. The number of ether oxygens (including phenoxy) is 3. The van der Waals surface area contributed by atoms with Gasteiger partial charge in [-0.3, -0.25) is 4.79 Å². The van der Waals surface area contributed by atoms with Gasteiger partial charge in [-0.25, -0.2) is 0 Å². The van der Waals surface area contributed by atoms with E-state index in [0.717, 1.165) is 72.8 Å². The Bertz CT molecular complexity index is 1290. The number of allylic oxidation sites excluding steroid dienone is 2. The van der Waals surface area contributed by atoms with Gasteiger partial charge in [-0.05, 0) is 100 Å². The molecule has 2 aliphatic rings. The van der Waals surface area contributed by atoms with Crippen LogP contribution in [0.4, 0.5) is 0 Å². The van der Waals surface area contributed by atoms with E-state index < -0.39 is 48.4 Å². The number of rotatable bonds is 24. The van der Waals surface area contributed by atoms with Gasteiger partial charge >= 0.3 is 5.97 Å². The summed E-state index contributed by atoms with van der Waals surface area (Å²) >= 11 is 0. The maximum absolute atomic E-state index is 13.8. The highest BCUT2D eigenvalue weighted by Crippen LogP contribution is 2.42. The maximum Gasteiger partial charge on any atom is 0.308 e. The Morgan fingerprint density at radius 3 is 1.98 bits per heavy atom. The van der Waals surface area contributed by atoms with E-state index in [4.69, 9.17) is 27.5 Å². The van der Waals surface area contributed by atoms with Crippen molar-refractivity contribution in [3.8, 4) is 0 Å². The molecule has 1 saturated heterocycles. The first-order valence-corrected chi connectivity index (χ1v) is 31.1. The molecule has 0 bridgehead atoms. The van der Waals surface area contributed by atoms with Gasteiger partial charge in [0.2, 0.25) is 0 Å². The second kappa shape index (κ2) is 24.1. The molecule has 0 aromatic heterocycles. The minimum atomic E-state index is -2.02. The molecule has 0 aliphatic carbocycles. The van der Waals surface area contributed by atoms with Crippen LogP contribution in [0.1, 0.15) is 136 Å². The van der Waals surface area contributed by atoms with E-state index in [2.05, 4.69) is 101 Å². The first-order valence-electron chi connectivity index (χ1n) is 23.5. The summed E-state index contributed by atoms with van der Waals surface area (Å²) in [5.41, 5.74) is -0.403. The minimum Gasteiger partial charge on any atom is -0.457 e. The molecule has 10 atom stereocenters. The Hall–Kier alpha value is -0.899. The first-order chi connectivity index (χ1) is 27.3. The van der Waals surface area contributed by atoms with Crippen molar-refractivity contribution < 1.29 is 37.4 Å². The molecule has 2 aliphatic heterocycles. The highest BCUT2D eigenvalue weighted by atomic mass is 28.4. The van der Waals surface area contributed by atoms with E-state index in [1.807, 2.05) is 32.9 Å². The van der Waals surface area contributed by atoms with Crippen molar-refractivity contribution >= 4 is 30.9 Å². The fourth-order valence-corrected chi connectivity index (χ4v) is 18.3. The fraction of sp³-hybridized carbons (Fsp3) is 0.851. The highest BCUT2D eigenvalue weighted by Gasteiger charge is 2.51. The van der Waals surface area contributed by atoms with Gasteiger partial charge in [-0.2, -0.15) is 0 Å². The lowest BCUT2D eigenvalue weighted by atomic mass is 9.88.